The first kappa shape index (κ1) is 57.3. The van der Waals surface area contributed by atoms with Crippen molar-refractivity contribution in [1.82, 2.24) is 52.1 Å². The first-order chi connectivity index (χ1) is 33.0. The lowest BCUT2D eigenvalue weighted by Gasteiger charge is -2.32. The van der Waals surface area contributed by atoms with Gasteiger partial charge in [0.15, 0.2) is 6.04 Å². The molecule has 1 aromatic heterocycles. The Morgan fingerprint density at radius 3 is 1.99 bits per heavy atom. The van der Waals surface area contributed by atoms with E-state index in [0.717, 1.165) is 5.56 Å². The van der Waals surface area contributed by atoms with Gasteiger partial charge in [-0.1, -0.05) is 58.0 Å². The lowest BCUT2D eigenvalue weighted by Crippen LogP contribution is -2.61. The second-order valence-electron chi connectivity index (χ2n) is 17.9. The van der Waals surface area contributed by atoms with Crippen LogP contribution in [0.5, 0.6) is 0 Å². The predicted molar refractivity (Wildman–Crippen MR) is 249 cm³/mol. The maximum absolute atomic E-state index is 14.2. The van der Waals surface area contributed by atoms with E-state index in [0.29, 0.717) is 12.1 Å². The molecule has 25 heteroatoms. The molecule has 1 aliphatic heterocycles. The fourth-order valence-electron chi connectivity index (χ4n) is 7.49. The zero-order valence-electron chi connectivity index (χ0n) is 39.9. The number of nitrogens with zero attached hydrogens (tertiary/aromatic N) is 2. The van der Waals surface area contributed by atoms with Crippen molar-refractivity contribution >= 4 is 59.1 Å². The SMILES string of the molecule is CC(C)C[C@H](NC(=O)[C@@H]1CCCN1C(=O)[C@@H](NC(=O)[C@H](Cc1cnc[nH]1)NC(=O)[C@H](CO)NC(=O)CNC(=O)[C@H](CCC(N)=O)NC(=O)[C@@H](N)Cc1ccccc1)C(C)C)C(=O)N[C@H](C(=O)O)[C@@H](C)O. The molecular formula is C45H68N12O13. The number of aliphatic hydroxyl groups is 2. The van der Waals surface area contributed by atoms with E-state index >= 15 is 0 Å². The maximum atomic E-state index is 14.2. The number of carboxylic acids is 1. The van der Waals surface area contributed by atoms with Gasteiger partial charge in [-0.05, 0) is 56.4 Å². The van der Waals surface area contributed by atoms with Crippen LogP contribution in [0.3, 0.4) is 0 Å². The van der Waals surface area contributed by atoms with Crippen LogP contribution in [-0.4, -0.2) is 163 Å². The number of aliphatic carboxylic acids is 1. The monoisotopic (exact) mass is 985 g/mol. The Labute approximate surface area is 404 Å². The molecule has 70 heavy (non-hydrogen) atoms. The molecule has 2 aromatic rings. The third-order valence-electron chi connectivity index (χ3n) is 11.3. The van der Waals surface area contributed by atoms with E-state index in [9.17, 15) is 63.3 Å². The number of nitrogens with two attached hydrogens (primary N) is 2. The summed E-state index contributed by atoms with van der Waals surface area (Å²) in [5.41, 5.74) is 12.5. The van der Waals surface area contributed by atoms with Crippen LogP contribution in [0.15, 0.2) is 42.9 Å². The smallest absolute Gasteiger partial charge is 0.328 e. The highest BCUT2D eigenvalue weighted by Crippen LogP contribution is 2.22. The average Bonchev–Trinajstić information content (AvgIpc) is 4.02. The Hall–Kier alpha value is -6.99. The fraction of sp³-hybridized carbons (Fsp3) is 0.578. The molecule has 15 N–H and O–H groups in total. The van der Waals surface area contributed by atoms with Crippen molar-refractivity contribution in [1.29, 1.82) is 0 Å². The number of H-pyrrole nitrogens is 1. The van der Waals surface area contributed by atoms with Crippen LogP contribution in [0.2, 0.25) is 0 Å². The van der Waals surface area contributed by atoms with Crippen LogP contribution < -0.4 is 48.7 Å². The molecule has 1 fully saturated rings. The lowest BCUT2D eigenvalue weighted by molar-refractivity contribution is -0.146. The molecule has 9 atom stereocenters. The number of carboxylic acid groups (broad SMARTS) is 1. The molecule has 2 heterocycles. The quantitative estimate of drug-likeness (QED) is 0.0386. The number of likely N-dealkylation sites (tertiary alicyclic amines) is 1. The molecule has 1 aromatic carbocycles. The number of primary amides is 1. The van der Waals surface area contributed by atoms with Crippen molar-refractivity contribution in [2.45, 2.75) is 134 Å². The van der Waals surface area contributed by atoms with Gasteiger partial charge in [0.2, 0.25) is 53.2 Å². The summed E-state index contributed by atoms with van der Waals surface area (Å²) in [6.45, 7) is 6.44. The Kier molecular flexibility index (Phi) is 22.8. The van der Waals surface area contributed by atoms with Crippen molar-refractivity contribution < 1.29 is 63.3 Å². The van der Waals surface area contributed by atoms with E-state index in [-0.39, 0.29) is 51.0 Å². The molecule has 1 aliphatic rings. The molecule has 0 unspecified atom stereocenters. The van der Waals surface area contributed by atoms with E-state index in [2.05, 4.69) is 47.2 Å². The van der Waals surface area contributed by atoms with E-state index in [1.807, 2.05) is 0 Å². The number of aliphatic hydroxyl groups excluding tert-OH is 2. The first-order valence-electron chi connectivity index (χ1n) is 23.0. The summed E-state index contributed by atoms with van der Waals surface area (Å²) < 4.78 is 0. The van der Waals surface area contributed by atoms with Crippen molar-refractivity contribution in [3.63, 3.8) is 0 Å². The fourth-order valence-corrected chi connectivity index (χ4v) is 7.49. The lowest BCUT2D eigenvalue weighted by atomic mass is 10.00. The summed E-state index contributed by atoms with van der Waals surface area (Å²) in [5, 5.41) is 46.7. The summed E-state index contributed by atoms with van der Waals surface area (Å²) in [5.74, 6) is -9.59. The summed E-state index contributed by atoms with van der Waals surface area (Å²) in [4.78, 5) is 139. The molecule has 386 valence electrons. The number of rotatable bonds is 28. The van der Waals surface area contributed by atoms with Gasteiger partial charge in [0.1, 0.15) is 36.3 Å². The summed E-state index contributed by atoms with van der Waals surface area (Å²) in [6.07, 6.45) is 1.36. The maximum Gasteiger partial charge on any atom is 0.328 e. The van der Waals surface area contributed by atoms with Gasteiger partial charge in [-0.3, -0.25) is 43.2 Å². The van der Waals surface area contributed by atoms with E-state index in [4.69, 9.17) is 11.5 Å². The van der Waals surface area contributed by atoms with Crippen molar-refractivity contribution in [3.8, 4) is 0 Å². The minimum atomic E-state index is -1.67. The topological polar surface area (TPSA) is 400 Å². The molecule has 0 bridgehead atoms. The number of nitrogens with one attached hydrogen (secondary N) is 8. The number of carbonyl (C=O) groups is 10. The van der Waals surface area contributed by atoms with Gasteiger partial charge in [0.05, 0.1) is 31.6 Å². The second kappa shape index (κ2) is 27.9. The van der Waals surface area contributed by atoms with Crippen molar-refractivity contribution in [3.05, 3.63) is 54.1 Å². The second-order valence-corrected chi connectivity index (χ2v) is 17.9. The number of aromatic amines is 1. The van der Waals surface area contributed by atoms with Gasteiger partial charge in [-0.2, -0.15) is 0 Å². The molecule has 0 spiro atoms. The highest BCUT2D eigenvalue weighted by Gasteiger charge is 2.41. The average molecular weight is 985 g/mol. The first-order valence-corrected chi connectivity index (χ1v) is 23.0. The van der Waals surface area contributed by atoms with Crippen LogP contribution >= 0.6 is 0 Å². The number of carbonyl (C=O) groups excluding carboxylic acids is 9. The minimum absolute atomic E-state index is 0.100. The normalized spacial score (nSPS) is 16.8. The largest absolute Gasteiger partial charge is 0.480 e. The summed E-state index contributed by atoms with van der Waals surface area (Å²) in [6, 6.07) is -1.86. The Bertz CT molecular complexity index is 2120. The molecule has 0 saturated carbocycles. The minimum Gasteiger partial charge on any atom is -0.480 e. The number of hydrogen-bond acceptors (Lipinski definition) is 14. The third-order valence-corrected chi connectivity index (χ3v) is 11.3. The van der Waals surface area contributed by atoms with Gasteiger partial charge in [-0.25, -0.2) is 9.78 Å². The van der Waals surface area contributed by atoms with Crippen LogP contribution in [-0.2, 0) is 60.8 Å². The Morgan fingerprint density at radius 2 is 1.41 bits per heavy atom. The molecule has 25 nitrogen and oxygen atoms in total. The summed E-state index contributed by atoms with van der Waals surface area (Å²) in [7, 11) is 0. The zero-order valence-corrected chi connectivity index (χ0v) is 39.9. The Morgan fingerprint density at radius 1 is 0.786 bits per heavy atom. The molecule has 3 rings (SSSR count). The molecule has 0 aliphatic carbocycles. The number of hydrogen-bond donors (Lipinski definition) is 13. The van der Waals surface area contributed by atoms with Crippen LogP contribution in [0.4, 0.5) is 0 Å². The van der Waals surface area contributed by atoms with E-state index in [1.165, 1.54) is 24.3 Å². The van der Waals surface area contributed by atoms with Crippen LogP contribution in [0, 0.1) is 11.8 Å². The number of imidazole rings is 1. The Balaban J connectivity index is 1.71. The number of aromatic nitrogens is 2. The zero-order chi connectivity index (χ0) is 52.2. The van der Waals surface area contributed by atoms with Crippen molar-refractivity contribution in [2.24, 2.45) is 23.3 Å². The van der Waals surface area contributed by atoms with Crippen molar-refractivity contribution in [2.75, 3.05) is 19.7 Å². The highest BCUT2D eigenvalue weighted by atomic mass is 16.4. The molecule has 9 amide bonds. The third kappa shape index (κ3) is 18.2. The number of benzene rings is 1. The van der Waals surface area contributed by atoms with Crippen LogP contribution in [0.1, 0.15) is 78.0 Å². The predicted octanol–water partition coefficient (Wildman–Crippen LogP) is -4.04. The van der Waals surface area contributed by atoms with E-state index < -0.39 is 133 Å². The number of amides is 9. The highest BCUT2D eigenvalue weighted by molar-refractivity contribution is 5.98. The van der Waals surface area contributed by atoms with Crippen LogP contribution in [0.25, 0.3) is 0 Å². The van der Waals surface area contributed by atoms with E-state index in [1.54, 1.807) is 58.0 Å². The molecule has 0 radical (unpaired) electrons. The summed E-state index contributed by atoms with van der Waals surface area (Å²) >= 11 is 0. The van der Waals surface area contributed by atoms with Gasteiger partial charge in [0.25, 0.3) is 0 Å². The van der Waals surface area contributed by atoms with Gasteiger partial charge < -0.3 is 73.9 Å². The molecule has 1 saturated heterocycles. The molecular weight excluding hydrogens is 917 g/mol. The van der Waals surface area contributed by atoms with Gasteiger partial charge in [0, 0.05) is 31.3 Å². The standard InChI is InChI=1S/C45H68N12O13/c1-23(2)16-30(40(64)56-37(25(5)59)45(69)70)54-43(67)33-12-9-15-57(33)44(68)36(24(3)4)55-41(65)31(18-27-19-48-22-50-27)53-42(66)32(21-58)51-35(61)20-49-39(63)29(13-14-34(47)60)52-38(62)28(46)17-26-10-7-6-8-11-26/h6-8,10-11,19,22-25,28-33,36-37,58-59H,9,12-18,20-21,46H2,1-5H3,(H2,47,60)(H,48,50)(H,49,63)(H,51,61)(H,52,62)(H,53,66)(H,54,67)(H,55,65)(H,56,64)(H,69,70)/t25-,28+,29+,30+,31+,32+,33+,36+,37+/m1/s1. The van der Waals surface area contributed by atoms with Gasteiger partial charge in [-0.15, -0.1) is 0 Å². The van der Waals surface area contributed by atoms with Gasteiger partial charge >= 0.3 is 5.97 Å².